The van der Waals surface area contributed by atoms with E-state index in [0.29, 0.717) is 24.1 Å². The van der Waals surface area contributed by atoms with Gasteiger partial charge in [-0.25, -0.2) is 9.59 Å². The second kappa shape index (κ2) is 10.5. The van der Waals surface area contributed by atoms with Crippen molar-refractivity contribution >= 4 is 42.0 Å². The first-order valence-electron chi connectivity index (χ1n) is 10.3. The zero-order chi connectivity index (χ0) is 24.8. The minimum Gasteiger partial charge on any atom is -0.506 e. The number of anilines is 1. The number of carboxylic acids is 3. The van der Waals surface area contributed by atoms with Crippen molar-refractivity contribution in [2.24, 2.45) is 0 Å². The van der Waals surface area contributed by atoms with Gasteiger partial charge in [0.2, 0.25) is 5.69 Å². The number of aliphatic carboxylic acids is 3. The number of phenols is 1. The fraction of sp³-hybridized carbons (Fsp3) is 0.318. The molecule has 1 aromatic rings. The summed E-state index contributed by atoms with van der Waals surface area (Å²) in [5.74, 6) is -3.83. The molecule has 6 N–H and O–H groups in total. The number of hydrogen-bond donors (Lipinski definition) is 6. The van der Waals surface area contributed by atoms with E-state index in [1.54, 1.807) is 24.6 Å². The number of carbonyl (C=O) groups is 4. The monoisotopic (exact) mass is 474 g/mol. The van der Waals surface area contributed by atoms with Crippen LogP contribution in [0.25, 0.3) is 0 Å². The number of carbonyl (C=O) groups excluding carboxylic acids is 1. The van der Waals surface area contributed by atoms with Gasteiger partial charge in [0.1, 0.15) is 11.8 Å². The minimum absolute atomic E-state index is 0.0658. The fourth-order valence-electron chi connectivity index (χ4n) is 3.78. The van der Waals surface area contributed by atoms with Crippen molar-refractivity contribution in [2.45, 2.75) is 44.0 Å². The summed E-state index contributed by atoms with van der Waals surface area (Å²) in [6, 6.07) is 0.591. The standard InChI is InChI=1S/C22H23N3O9/c26-11-34-19-7-12(3-5-23-19)4-6-25-16-10-18(27)15(8-13(16)9-17(25)22(32)33)24-14(21(30)31)1-2-20(28)29/h3-6,8,10-11,14,17,19,24H,1-2,7,9H2,(H4,27,28,29,30,31,32,33)/p+1/t14-,17-,19?/m0/s1. The van der Waals surface area contributed by atoms with Crippen molar-refractivity contribution < 1.29 is 48.9 Å². The highest BCUT2D eigenvalue weighted by Crippen LogP contribution is 2.38. The lowest BCUT2D eigenvalue weighted by Gasteiger charge is -2.19. The third-order valence-corrected chi connectivity index (χ3v) is 5.45. The topological polar surface area (TPSA) is 186 Å². The van der Waals surface area contributed by atoms with Crippen LogP contribution in [0.5, 0.6) is 5.75 Å². The molecule has 3 atom stereocenters. The molecule has 1 unspecified atom stereocenters. The second-order valence-corrected chi connectivity index (χ2v) is 7.75. The van der Waals surface area contributed by atoms with Crippen LogP contribution < -0.4 is 10.6 Å². The first-order valence-corrected chi connectivity index (χ1v) is 10.3. The van der Waals surface area contributed by atoms with Crippen molar-refractivity contribution in [1.29, 1.82) is 0 Å². The van der Waals surface area contributed by atoms with Gasteiger partial charge in [-0.2, -0.15) is 4.58 Å². The van der Waals surface area contributed by atoms with Gasteiger partial charge in [-0.1, -0.05) is 0 Å². The Balaban J connectivity index is 1.90. The molecule has 12 nitrogen and oxygen atoms in total. The van der Waals surface area contributed by atoms with Gasteiger partial charge in [-0.15, -0.1) is 0 Å². The van der Waals surface area contributed by atoms with Gasteiger partial charge in [0, 0.05) is 24.5 Å². The SMILES string of the molecule is O=COC1C/C(=C\C=[N+]2c3cc(O)c(N[C@@H](CCC(=O)O)C(=O)O)cc3C[C@H]2C(=O)O)C=CN1. The van der Waals surface area contributed by atoms with Crippen molar-refractivity contribution in [3.63, 3.8) is 0 Å². The Labute approximate surface area is 193 Å². The van der Waals surface area contributed by atoms with Gasteiger partial charge in [-0.3, -0.25) is 9.59 Å². The van der Waals surface area contributed by atoms with Gasteiger partial charge in [0.05, 0.1) is 18.2 Å². The van der Waals surface area contributed by atoms with Gasteiger partial charge in [-0.05, 0) is 30.3 Å². The van der Waals surface area contributed by atoms with Crippen LogP contribution in [-0.2, 0) is 30.3 Å². The van der Waals surface area contributed by atoms with Crippen LogP contribution in [0.2, 0.25) is 0 Å². The zero-order valence-corrected chi connectivity index (χ0v) is 17.9. The molecule has 0 bridgehead atoms. The van der Waals surface area contributed by atoms with Crippen LogP contribution in [0.1, 0.15) is 24.8 Å². The van der Waals surface area contributed by atoms with Crippen LogP contribution in [0.3, 0.4) is 0 Å². The van der Waals surface area contributed by atoms with Crippen molar-refractivity contribution in [3.05, 3.63) is 41.6 Å². The lowest BCUT2D eigenvalue weighted by Crippen LogP contribution is -2.30. The predicted molar refractivity (Wildman–Crippen MR) is 117 cm³/mol. The number of carboxylic acid groups (broad SMARTS) is 3. The minimum atomic E-state index is -1.28. The van der Waals surface area contributed by atoms with Crippen LogP contribution >= 0.6 is 0 Å². The molecule has 2 aliphatic rings. The molecule has 12 heteroatoms. The molecule has 2 aliphatic heterocycles. The molecule has 0 amide bonds. The average molecular weight is 474 g/mol. The maximum absolute atomic E-state index is 11.9. The average Bonchev–Trinajstić information content (AvgIpc) is 3.13. The summed E-state index contributed by atoms with van der Waals surface area (Å²) < 4.78 is 6.37. The van der Waals surface area contributed by atoms with E-state index in [4.69, 9.17) is 9.84 Å². The first-order chi connectivity index (χ1) is 16.2. The van der Waals surface area contributed by atoms with E-state index in [0.717, 1.165) is 5.57 Å². The largest absolute Gasteiger partial charge is 0.506 e. The first kappa shape index (κ1) is 24.3. The van der Waals surface area contributed by atoms with E-state index in [9.17, 15) is 34.5 Å². The van der Waals surface area contributed by atoms with Gasteiger partial charge >= 0.3 is 17.9 Å². The van der Waals surface area contributed by atoms with Crippen LogP contribution in [-0.4, -0.2) is 73.9 Å². The number of fused-ring (bicyclic) bond motifs is 1. The van der Waals surface area contributed by atoms with Crippen molar-refractivity contribution in [1.82, 2.24) is 5.32 Å². The highest BCUT2D eigenvalue weighted by Gasteiger charge is 2.40. The van der Waals surface area contributed by atoms with Crippen molar-refractivity contribution in [3.8, 4) is 5.75 Å². The Morgan fingerprint density at radius 3 is 2.65 bits per heavy atom. The second-order valence-electron chi connectivity index (χ2n) is 7.75. The number of aromatic hydroxyl groups is 1. The summed E-state index contributed by atoms with van der Waals surface area (Å²) in [6.45, 7) is 0.334. The molecule has 2 heterocycles. The molecule has 3 rings (SSSR count). The quantitative estimate of drug-likeness (QED) is 0.160. The summed E-state index contributed by atoms with van der Waals surface area (Å²) in [5, 5.41) is 43.9. The summed E-state index contributed by atoms with van der Waals surface area (Å²) in [7, 11) is 0. The van der Waals surface area contributed by atoms with Crippen LogP contribution in [0.4, 0.5) is 11.4 Å². The van der Waals surface area contributed by atoms with E-state index in [2.05, 4.69) is 10.6 Å². The number of allylic oxidation sites excluding steroid dienone is 2. The van der Waals surface area contributed by atoms with E-state index < -0.39 is 36.2 Å². The number of rotatable bonds is 10. The molecule has 0 spiro atoms. The molecule has 0 aliphatic carbocycles. The Hall–Kier alpha value is -4.35. The fourth-order valence-corrected chi connectivity index (χ4v) is 3.78. The number of benzene rings is 1. The Morgan fingerprint density at radius 1 is 1.24 bits per heavy atom. The van der Waals surface area contributed by atoms with Gasteiger partial charge in [0.15, 0.2) is 12.4 Å². The van der Waals surface area contributed by atoms with Crippen molar-refractivity contribution in [2.75, 3.05) is 5.32 Å². The molecule has 1 aromatic carbocycles. The van der Waals surface area contributed by atoms with Gasteiger partial charge in [0.25, 0.3) is 12.5 Å². The maximum Gasteiger partial charge on any atom is 0.373 e. The van der Waals surface area contributed by atoms with Crippen LogP contribution in [0.15, 0.2) is 36.1 Å². The molecule has 34 heavy (non-hydrogen) atoms. The molecule has 180 valence electrons. The van der Waals surface area contributed by atoms with E-state index in [-0.39, 0.29) is 30.7 Å². The van der Waals surface area contributed by atoms with Gasteiger partial charge < -0.3 is 35.8 Å². The van der Waals surface area contributed by atoms with Crippen LogP contribution in [0, 0.1) is 0 Å². The number of nitrogens with zero attached hydrogens (tertiary/aromatic N) is 1. The predicted octanol–water partition coefficient (Wildman–Crippen LogP) is 0.779. The maximum atomic E-state index is 11.9. The Morgan fingerprint density at radius 2 is 2.00 bits per heavy atom. The molecule has 0 fully saturated rings. The van der Waals surface area contributed by atoms with E-state index >= 15 is 0 Å². The lowest BCUT2D eigenvalue weighted by molar-refractivity contribution is -0.456. The summed E-state index contributed by atoms with van der Waals surface area (Å²) in [6.07, 6.45) is 5.95. The Bertz CT molecular complexity index is 1090. The van der Waals surface area contributed by atoms with E-state index in [1.165, 1.54) is 16.7 Å². The molecule has 0 radical (unpaired) electrons. The highest BCUT2D eigenvalue weighted by molar-refractivity contribution is 5.82. The molecular weight excluding hydrogens is 450 g/mol. The van der Waals surface area contributed by atoms with E-state index in [1.807, 2.05) is 0 Å². The smallest absolute Gasteiger partial charge is 0.373 e. The number of phenolic OH excluding ortho intramolecular Hbond substituents is 1. The zero-order valence-electron chi connectivity index (χ0n) is 17.9. The molecule has 0 aromatic heterocycles. The number of nitrogens with one attached hydrogen (secondary N) is 2. The normalized spacial score (nSPS) is 22.0. The third kappa shape index (κ3) is 5.71. The molecule has 0 saturated carbocycles. The summed E-state index contributed by atoms with van der Waals surface area (Å²) >= 11 is 0. The molecule has 0 saturated heterocycles. The summed E-state index contributed by atoms with van der Waals surface area (Å²) in [4.78, 5) is 44.7. The molecular formula is C22H24N3O9+. The Kier molecular flexibility index (Phi) is 7.51. The number of ether oxygens (including phenoxy) is 1. The third-order valence-electron chi connectivity index (χ3n) is 5.45. The highest BCUT2D eigenvalue weighted by atomic mass is 16.5. The lowest BCUT2D eigenvalue weighted by atomic mass is 10.1. The summed E-state index contributed by atoms with van der Waals surface area (Å²) in [5.41, 5.74) is 1.83. The number of hydrogen-bond acceptors (Lipinski definition) is 8.